The molecule has 0 aromatic heterocycles. The number of likely N-dealkylation sites (N-methyl/N-ethyl adjacent to an activating group) is 1. The normalized spacial score (nSPS) is 15.8. The molecular weight excluding hydrogens is 172 g/mol. The largest absolute Gasteiger partial charge is 0.480 e. The van der Waals surface area contributed by atoms with Crippen molar-refractivity contribution in [2.75, 3.05) is 20.1 Å². The Hall–Kier alpha value is -1.10. The quantitative estimate of drug-likeness (QED) is 0.594. The lowest BCUT2D eigenvalue weighted by atomic mass is 10.4. The molecule has 0 saturated heterocycles. The highest BCUT2D eigenvalue weighted by Gasteiger charge is 2.23. The van der Waals surface area contributed by atoms with Crippen LogP contribution in [0.1, 0.15) is 12.8 Å². The fraction of sp³-hybridized carbons (Fsp3) is 0.750. The first kappa shape index (κ1) is 9.98. The van der Waals surface area contributed by atoms with Crippen molar-refractivity contribution >= 4 is 11.9 Å². The molecule has 0 unspecified atom stereocenters. The minimum Gasteiger partial charge on any atom is -0.480 e. The Morgan fingerprint density at radius 3 is 2.54 bits per heavy atom. The van der Waals surface area contributed by atoms with Gasteiger partial charge in [0.25, 0.3) is 0 Å². The minimum atomic E-state index is -0.915. The van der Waals surface area contributed by atoms with Crippen LogP contribution < -0.4 is 5.32 Å². The van der Waals surface area contributed by atoms with Gasteiger partial charge >= 0.3 is 5.97 Å². The number of carboxylic acids is 1. The van der Waals surface area contributed by atoms with E-state index in [0.717, 1.165) is 12.8 Å². The molecule has 0 aromatic carbocycles. The van der Waals surface area contributed by atoms with Crippen LogP contribution in [0.15, 0.2) is 0 Å². The molecule has 0 heterocycles. The lowest BCUT2D eigenvalue weighted by Gasteiger charge is -2.12. The van der Waals surface area contributed by atoms with E-state index in [1.54, 1.807) is 7.05 Å². The zero-order valence-electron chi connectivity index (χ0n) is 7.62. The molecule has 1 amide bonds. The van der Waals surface area contributed by atoms with E-state index in [9.17, 15) is 9.59 Å². The molecule has 2 N–H and O–H groups in total. The molecule has 1 rings (SSSR count). The maximum Gasteiger partial charge on any atom is 0.317 e. The van der Waals surface area contributed by atoms with Gasteiger partial charge in [-0.3, -0.25) is 14.5 Å². The zero-order chi connectivity index (χ0) is 9.84. The van der Waals surface area contributed by atoms with Crippen molar-refractivity contribution in [1.29, 1.82) is 0 Å². The predicted molar refractivity (Wildman–Crippen MR) is 46.3 cm³/mol. The summed E-state index contributed by atoms with van der Waals surface area (Å²) in [5, 5.41) is 11.2. The van der Waals surface area contributed by atoms with Gasteiger partial charge < -0.3 is 10.4 Å². The minimum absolute atomic E-state index is 0.0914. The van der Waals surface area contributed by atoms with Gasteiger partial charge in [0, 0.05) is 6.04 Å². The Balaban J connectivity index is 2.13. The number of nitrogens with zero attached hydrogens (tertiary/aromatic N) is 1. The van der Waals surface area contributed by atoms with Crippen LogP contribution in [0.5, 0.6) is 0 Å². The molecule has 5 nitrogen and oxygen atoms in total. The molecule has 0 radical (unpaired) electrons. The Morgan fingerprint density at radius 2 is 2.08 bits per heavy atom. The summed E-state index contributed by atoms with van der Waals surface area (Å²) in [6.07, 6.45) is 2.10. The van der Waals surface area contributed by atoms with Gasteiger partial charge in [-0.2, -0.15) is 0 Å². The predicted octanol–water partition coefficient (Wildman–Crippen LogP) is -0.719. The number of rotatable bonds is 5. The van der Waals surface area contributed by atoms with Gasteiger partial charge in [-0.05, 0) is 19.9 Å². The lowest BCUT2D eigenvalue weighted by molar-refractivity contribution is -0.138. The molecule has 0 bridgehead atoms. The Morgan fingerprint density at radius 1 is 1.46 bits per heavy atom. The van der Waals surface area contributed by atoms with Gasteiger partial charge in [-0.1, -0.05) is 0 Å². The second kappa shape index (κ2) is 4.23. The second-order valence-electron chi connectivity index (χ2n) is 3.41. The standard InChI is InChI=1S/C8H14N2O3/c1-10(5-8(12)13)4-7(11)9-6-2-3-6/h6H,2-5H2,1H3,(H,9,11)(H,12,13). The van der Waals surface area contributed by atoms with Crippen LogP contribution in [-0.4, -0.2) is 48.1 Å². The summed E-state index contributed by atoms with van der Waals surface area (Å²) in [6, 6.07) is 0.339. The Kier molecular flexibility index (Phi) is 3.25. The number of hydrogen-bond donors (Lipinski definition) is 2. The summed E-state index contributed by atoms with van der Waals surface area (Å²) in [4.78, 5) is 22.9. The van der Waals surface area contributed by atoms with Crippen molar-refractivity contribution in [3.05, 3.63) is 0 Å². The Labute approximate surface area is 76.7 Å². The highest BCUT2D eigenvalue weighted by Crippen LogP contribution is 2.18. The molecule has 0 atom stereocenters. The van der Waals surface area contributed by atoms with Crippen LogP contribution >= 0.6 is 0 Å². The van der Waals surface area contributed by atoms with Crippen molar-refractivity contribution in [2.45, 2.75) is 18.9 Å². The molecule has 0 aliphatic heterocycles. The number of carbonyl (C=O) groups is 2. The molecule has 74 valence electrons. The van der Waals surface area contributed by atoms with Crippen molar-refractivity contribution in [1.82, 2.24) is 10.2 Å². The molecular formula is C8H14N2O3. The van der Waals surface area contributed by atoms with Crippen LogP contribution in [0.2, 0.25) is 0 Å². The third-order valence-corrected chi connectivity index (χ3v) is 1.76. The molecule has 5 heteroatoms. The van der Waals surface area contributed by atoms with E-state index >= 15 is 0 Å². The smallest absolute Gasteiger partial charge is 0.317 e. The van der Waals surface area contributed by atoms with Crippen LogP contribution in [0, 0.1) is 0 Å². The molecule has 13 heavy (non-hydrogen) atoms. The summed E-state index contributed by atoms with van der Waals surface area (Å²) in [7, 11) is 1.61. The number of amides is 1. The van der Waals surface area contributed by atoms with Crippen LogP contribution in [-0.2, 0) is 9.59 Å². The fourth-order valence-electron chi connectivity index (χ4n) is 1.03. The summed E-state index contributed by atoms with van der Waals surface area (Å²) in [5.41, 5.74) is 0. The highest BCUT2D eigenvalue weighted by atomic mass is 16.4. The third kappa shape index (κ3) is 4.47. The summed E-state index contributed by atoms with van der Waals surface area (Å²) in [5.74, 6) is -1.01. The van der Waals surface area contributed by atoms with Gasteiger partial charge in [0.2, 0.25) is 5.91 Å². The van der Waals surface area contributed by atoms with E-state index in [4.69, 9.17) is 5.11 Å². The molecule has 0 spiro atoms. The number of carboxylic acid groups (broad SMARTS) is 1. The van der Waals surface area contributed by atoms with E-state index in [-0.39, 0.29) is 19.0 Å². The maximum atomic E-state index is 11.1. The average Bonchev–Trinajstić information content (AvgIpc) is 2.67. The van der Waals surface area contributed by atoms with E-state index in [2.05, 4.69) is 5.32 Å². The second-order valence-corrected chi connectivity index (χ2v) is 3.41. The van der Waals surface area contributed by atoms with Gasteiger partial charge in [0.15, 0.2) is 0 Å². The van der Waals surface area contributed by atoms with Gasteiger partial charge in [0.1, 0.15) is 0 Å². The monoisotopic (exact) mass is 186 g/mol. The molecule has 0 aromatic rings. The van der Waals surface area contributed by atoms with E-state index < -0.39 is 5.97 Å². The summed E-state index contributed by atoms with van der Waals surface area (Å²) in [6.45, 7) is 0.0564. The Bertz CT molecular complexity index is 213. The van der Waals surface area contributed by atoms with Crippen molar-refractivity contribution < 1.29 is 14.7 Å². The van der Waals surface area contributed by atoms with E-state index in [1.807, 2.05) is 0 Å². The number of carbonyl (C=O) groups excluding carboxylic acids is 1. The SMILES string of the molecule is CN(CC(=O)O)CC(=O)NC1CC1. The molecule has 1 aliphatic carbocycles. The van der Waals surface area contributed by atoms with Gasteiger partial charge in [0.05, 0.1) is 13.1 Å². The molecule has 1 saturated carbocycles. The van der Waals surface area contributed by atoms with Crippen molar-refractivity contribution in [3.8, 4) is 0 Å². The lowest BCUT2D eigenvalue weighted by Crippen LogP contribution is -2.38. The summed E-state index contributed by atoms with van der Waals surface area (Å²) < 4.78 is 0. The van der Waals surface area contributed by atoms with Crippen LogP contribution in [0.25, 0.3) is 0 Å². The topological polar surface area (TPSA) is 69.6 Å². The van der Waals surface area contributed by atoms with E-state index in [0.29, 0.717) is 6.04 Å². The number of aliphatic carboxylic acids is 1. The third-order valence-electron chi connectivity index (χ3n) is 1.76. The number of nitrogens with one attached hydrogen (secondary N) is 1. The highest BCUT2D eigenvalue weighted by molar-refractivity contribution is 5.79. The van der Waals surface area contributed by atoms with Gasteiger partial charge in [-0.25, -0.2) is 0 Å². The van der Waals surface area contributed by atoms with Crippen molar-refractivity contribution in [2.24, 2.45) is 0 Å². The molecule has 1 aliphatic rings. The van der Waals surface area contributed by atoms with Gasteiger partial charge in [-0.15, -0.1) is 0 Å². The van der Waals surface area contributed by atoms with E-state index in [1.165, 1.54) is 4.90 Å². The summed E-state index contributed by atoms with van der Waals surface area (Å²) >= 11 is 0. The fourth-order valence-corrected chi connectivity index (χ4v) is 1.03. The average molecular weight is 186 g/mol. The first-order valence-corrected chi connectivity index (χ1v) is 4.27. The van der Waals surface area contributed by atoms with Crippen LogP contribution in [0.4, 0.5) is 0 Å². The van der Waals surface area contributed by atoms with Crippen molar-refractivity contribution in [3.63, 3.8) is 0 Å². The van der Waals surface area contributed by atoms with Crippen LogP contribution in [0.3, 0.4) is 0 Å². The maximum absolute atomic E-state index is 11.1. The zero-order valence-corrected chi connectivity index (χ0v) is 7.62. The molecule has 1 fully saturated rings. The first-order valence-electron chi connectivity index (χ1n) is 4.27. The first-order chi connectivity index (χ1) is 6.08. The number of hydrogen-bond acceptors (Lipinski definition) is 3.